The molecule has 0 spiro atoms. The lowest BCUT2D eigenvalue weighted by molar-refractivity contribution is 1.19. The maximum atomic E-state index is 4.26. The Balaban J connectivity index is 2.42. The molecule has 0 saturated carbocycles. The van der Waals surface area contributed by atoms with Crippen LogP contribution < -0.4 is 0 Å². The Kier molecular flexibility index (Phi) is 3.96. The smallest absolute Gasteiger partial charge is 0.232 e. The minimum atomic E-state index is 0.836. The van der Waals surface area contributed by atoms with Crippen LogP contribution in [0.15, 0.2) is 26.9 Å². The van der Waals surface area contributed by atoms with E-state index in [1.165, 1.54) is 12.6 Å². The molecule has 2 rings (SSSR count). The zero-order valence-corrected chi connectivity index (χ0v) is 11.5. The van der Waals surface area contributed by atoms with Crippen molar-refractivity contribution in [3.8, 4) is 10.0 Å². The first-order valence-electron chi connectivity index (χ1n) is 4.17. The van der Waals surface area contributed by atoms with Gasteiger partial charge in [0.05, 0.1) is 0 Å². The van der Waals surface area contributed by atoms with E-state index in [9.17, 15) is 0 Å². The highest BCUT2D eigenvalue weighted by molar-refractivity contribution is 8.04. The highest BCUT2D eigenvalue weighted by atomic mass is 32.2. The molecule has 15 heavy (non-hydrogen) atoms. The van der Waals surface area contributed by atoms with E-state index in [0.29, 0.717) is 0 Å². The molecular weight excluding hydrogens is 264 g/mol. The minimum Gasteiger partial charge on any atom is -0.232 e. The van der Waals surface area contributed by atoms with Gasteiger partial charge in [0, 0.05) is 12.4 Å². The van der Waals surface area contributed by atoms with Gasteiger partial charge < -0.3 is 0 Å². The number of aromatic nitrogens is 2. The molecule has 2 aromatic rings. The minimum absolute atomic E-state index is 0.836. The maximum absolute atomic E-state index is 4.26. The van der Waals surface area contributed by atoms with Crippen molar-refractivity contribution in [3.63, 3.8) is 0 Å². The van der Waals surface area contributed by atoms with Crippen LogP contribution in [-0.4, -0.2) is 22.5 Å². The first kappa shape index (κ1) is 11.3. The third-order valence-corrected chi connectivity index (χ3v) is 6.84. The summed E-state index contributed by atoms with van der Waals surface area (Å²) in [5, 5.41) is 0. The van der Waals surface area contributed by atoms with Gasteiger partial charge in [0.1, 0.15) is 22.7 Å². The van der Waals surface area contributed by atoms with Crippen molar-refractivity contribution in [1.82, 2.24) is 9.97 Å². The Hall–Kier alpha value is -0.170. The van der Waals surface area contributed by atoms with Crippen LogP contribution in [-0.2, 0) is 0 Å². The second-order valence-electron chi connectivity index (χ2n) is 2.55. The summed E-state index contributed by atoms with van der Waals surface area (Å²) in [4.78, 5) is 8.53. The number of nitrogens with zero attached hydrogens (tertiary/aromatic N) is 2. The normalized spacial score (nSPS) is 10.5. The van der Waals surface area contributed by atoms with E-state index in [1.807, 2.05) is 6.07 Å². The largest absolute Gasteiger partial charge is 0.324 e. The molecule has 0 amide bonds. The molecule has 2 nitrogen and oxygen atoms in total. The number of hydrogen-bond acceptors (Lipinski definition) is 5. The molecule has 0 radical (unpaired) electrons. The molecule has 0 N–H and O–H groups in total. The summed E-state index contributed by atoms with van der Waals surface area (Å²) >= 11 is 7.12. The van der Waals surface area contributed by atoms with E-state index in [1.54, 1.807) is 58.6 Å². The Bertz CT molecular complexity index is 419. The first-order chi connectivity index (χ1) is 7.35. The number of hydrogen-bond donors (Lipinski definition) is 0. The van der Waals surface area contributed by atoms with Crippen molar-refractivity contribution < 1.29 is 0 Å². The molecule has 0 fully saturated rings. The Morgan fingerprint density at radius 1 is 1.20 bits per heavy atom. The van der Waals surface area contributed by atoms with Gasteiger partial charge in [0.25, 0.3) is 0 Å². The van der Waals surface area contributed by atoms with E-state index < -0.39 is 0 Å². The Labute approximate surface area is 105 Å². The molecule has 0 aliphatic heterocycles. The third-order valence-electron chi connectivity index (χ3n) is 1.66. The average molecular weight is 273 g/mol. The zero-order valence-electron chi connectivity index (χ0n) is 8.26. The molecule has 2 aromatic heterocycles. The molecular formula is C9H9N2S4+. The van der Waals surface area contributed by atoms with Crippen LogP contribution in [0.2, 0.25) is 0 Å². The quantitative estimate of drug-likeness (QED) is 0.624. The number of rotatable bonds is 3. The molecule has 6 heteroatoms. The summed E-state index contributed by atoms with van der Waals surface area (Å²) in [5.41, 5.74) is 0. The van der Waals surface area contributed by atoms with Crippen molar-refractivity contribution in [1.29, 1.82) is 0 Å². The molecule has 0 atom stereocenters. The van der Waals surface area contributed by atoms with Gasteiger partial charge >= 0.3 is 4.19 Å². The molecule has 78 valence electrons. The maximum Gasteiger partial charge on any atom is 0.324 e. The molecule has 0 unspecified atom stereocenters. The molecule has 0 bridgehead atoms. The summed E-state index contributed by atoms with van der Waals surface area (Å²) < 4.78 is 3.90. The lowest BCUT2D eigenvalue weighted by atomic mass is 10.6. The van der Waals surface area contributed by atoms with Gasteiger partial charge in [-0.1, -0.05) is 23.5 Å². The van der Waals surface area contributed by atoms with Crippen LogP contribution in [0.4, 0.5) is 0 Å². The van der Waals surface area contributed by atoms with Gasteiger partial charge in [-0.25, -0.2) is 9.97 Å². The SMILES string of the molecule is CSc1sc(-c2ncccn2)[s+]c1SC. The molecule has 0 aliphatic rings. The summed E-state index contributed by atoms with van der Waals surface area (Å²) in [5.74, 6) is 0.836. The first-order valence-corrected chi connectivity index (χ1v) is 8.25. The van der Waals surface area contributed by atoms with Gasteiger partial charge in [0.2, 0.25) is 14.2 Å². The van der Waals surface area contributed by atoms with Crippen LogP contribution >= 0.6 is 46.2 Å². The monoisotopic (exact) mass is 273 g/mol. The van der Waals surface area contributed by atoms with Crippen LogP contribution in [0.25, 0.3) is 10.0 Å². The highest BCUT2D eigenvalue weighted by Gasteiger charge is 2.24. The van der Waals surface area contributed by atoms with E-state index in [-0.39, 0.29) is 0 Å². The van der Waals surface area contributed by atoms with Crippen molar-refractivity contribution >= 4 is 46.2 Å². The van der Waals surface area contributed by atoms with Crippen LogP contribution in [0.1, 0.15) is 0 Å². The highest BCUT2D eigenvalue weighted by Crippen LogP contribution is 2.44. The van der Waals surface area contributed by atoms with Crippen molar-refractivity contribution in [2.24, 2.45) is 0 Å². The molecule has 0 aromatic carbocycles. The van der Waals surface area contributed by atoms with Crippen LogP contribution in [0.3, 0.4) is 0 Å². The lowest BCUT2D eigenvalue weighted by Gasteiger charge is -1.83. The summed E-state index contributed by atoms with van der Waals surface area (Å²) in [7, 11) is 0. The fourth-order valence-electron chi connectivity index (χ4n) is 1.02. The van der Waals surface area contributed by atoms with Gasteiger partial charge in [0.15, 0.2) is 0 Å². The molecule has 0 aliphatic carbocycles. The van der Waals surface area contributed by atoms with E-state index in [0.717, 1.165) is 5.82 Å². The fraction of sp³-hybridized carbons (Fsp3) is 0.222. The molecule has 0 saturated heterocycles. The summed E-state index contributed by atoms with van der Waals surface area (Å²) in [6.45, 7) is 0. The molecule has 2 heterocycles. The summed E-state index contributed by atoms with van der Waals surface area (Å²) in [6, 6.07) is 1.84. The third kappa shape index (κ3) is 2.50. The topological polar surface area (TPSA) is 25.8 Å². The van der Waals surface area contributed by atoms with Gasteiger partial charge in [-0.05, 0) is 18.6 Å². The predicted molar refractivity (Wildman–Crippen MR) is 71.2 cm³/mol. The lowest BCUT2D eigenvalue weighted by Crippen LogP contribution is -1.80. The second-order valence-corrected chi connectivity index (χ2v) is 7.00. The van der Waals surface area contributed by atoms with Crippen molar-refractivity contribution in [2.45, 2.75) is 8.42 Å². The zero-order chi connectivity index (χ0) is 10.7. The van der Waals surface area contributed by atoms with Gasteiger partial charge in [-0.2, -0.15) is 0 Å². The average Bonchev–Trinajstić information content (AvgIpc) is 2.73. The van der Waals surface area contributed by atoms with Crippen LogP contribution in [0.5, 0.6) is 0 Å². The van der Waals surface area contributed by atoms with E-state index in [4.69, 9.17) is 0 Å². The van der Waals surface area contributed by atoms with E-state index in [2.05, 4.69) is 22.5 Å². The van der Waals surface area contributed by atoms with Crippen LogP contribution in [0, 0.1) is 0 Å². The standard InChI is InChI=1S/C9H9N2S4/c1-12-8-9(13-2)15-7(14-8)6-10-4-3-5-11-6/h3-5H,1-2H3/q+1. The Morgan fingerprint density at radius 3 is 2.47 bits per heavy atom. The summed E-state index contributed by atoms with van der Waals surface area (Å²) in [6.07, 6.45) is 7.78. The Morgan fingerprint density at radius 2 is 1.93 bits per heavy atom. The predicted octanol–water partition coefficient (Wildman–Crippen LogP) is 3.99. The van der Waals surface area contributed by atoms with Crippen molar-refractivity contribution in [2.75, 3.05) is 12.5 Å². The number of thioether (sulfide) groups is 2. The van der Waals surface area contributed by atoms with Crippen molar-refractivity contribution in [3.05, 3.63) is 18.5 Å². The van der Waals surface area contributed by atoms with Gasteiger partial charge in [-0.3, -0.25) is 0 Å². The fourth-order valence-corrected chi connectivity index (χ4v) is 5.90. The second kappa shape index (κ2) is 5.25. The van der Waals surface area contributed by atoms with Gasteiger partial charge in [-0.15, -0.1) is 0 Å². The van der Waals surface area contributed by atoms with E-state index >= 15 is 0 Å².